The molecule has 3 N–H and O–H groups in total. The summed E-state index contributed by atoms with van der Waals surface area (Å²) >= 11 is 0. The highest BCUT2D eigenvalue weighted by Gasteiger charge is 2.21. The van der Waals surface area contributed by atoms with Crippen LogP contribution in [0, 0.1) is 12.3 Å². The molecule has 6 rings (SSSR count). The molecule has 0 radical (unpaired) electrons. The van der Waals surface area contributed by atoms with Gasteiger partial charge in [-0.05, 0) is 36.8 Å². The number of anilines is 1. The molecule has 0 saturated heterocycles. The van der Waals surface area contributed by atoms with E-state index >= 15 is 0 Å². The number of imidazole rings is 1. The summed E-state index contributed by atoms with van der Waals surface area (Å²) in [6.45, 7) is 7.61. The third kappa shape index (κ3) is 4.14. The van der Waals surface area contributed by atoms with Gasteiger partial charge in [0.05, 0.1) is 58.7 Å². The first-order valence-corrected chi connectivity index (χ1v) is 12.0. The lowest BCUT2D eigenvalue weighted by Gasteiger charge is -2.17. The summed E-state index contributed by atoms with van der Waals surface area (Å²) in [5, 5.41) is 12.7. The topological polar surface area (TPSA) is 117 Å². The molecular formula is C28H26N8O. The minimum Gasteiger partial charge on any atom is -0.352 e. The molecule has 0 aliphatic rings. The fourth-order valence-corrected chi connectivity index (χ4v) is 4.31. The second-order valence-electron chi connectivity index (χ2n) is 10.2. The van der Waals surface area contributed by atoms with Gasteiger partial charge in [-0.2, -0.15) is 5.10 Å². The average Bonchev–Trinajstić information content (AvgIpc) is 3.60. The molecule has 0 aliphatic heterocycles. The van der Waals surface area contributed by atoms with E-state index in [0.29, 0.717) is 5.69 Å². The Labute approximate surface area is 213 Å². The molecule has 6 aromatic rings. The van der Waals surface area contributed by atoms with Crippen LogP contribution in [0.4, 0.5) is 5.69 Å². The molecule has 0 atom stereocenters. The van der Waals surface area contributed by atoms with Gasteiger partial charge in [0.1, 0.15) is 5.69 Å². The van der Waals surface area contributed by atoms with Crippen LogP contribution in [0.3, 0.4) is 0 Å². The number of aryl methyl sites for hydroxylation is 1. The third-order valence-corrected chi connectivity index (χ3v) is 6.34. The van der Waals surface area contributed by atoms with Crippen molar-refractivity contribution in [1.82, 2.24) is 34.7 Å². The van der Waals surface area contributed by atoms with Gasteiger partial charge in [0.2, 0.25) is 5.91 Å². The van der Waals surface area contributed by atoms with Crippen molar-refractivity contribution in [1.29, 1.82) is 0 Å². The third-order valence-electron chi connectivity index (χ3n) is 6.34. The van der Waals surface area contributed by atoms with Crippen LogP contribution in [-0.2, 0) is 4.79 Å². The average molecular weight is 491 g/mol. The fourth-order valence-electron chi connectivity index (χ4n) is 4.31. The molecule has 1 aromatic carbocycles. The first kappa shape index (κ1) is 22.7. The van der Waals surface area contributed by atoms with Crippen molar-refractivity contribution in [3.05, 3.63) is 73.3 Å². The monoisotopic (exact) mass is 490 g/mol. The number of carbonyl (C=O) groups excluding carboxylic acids is 1. The summed E-state index contributed by atoms with van der Waals surface area (Å²) in [6, 6.07) is 10.1. The Morgan fingerprint density at radius 1 is 0.946 bits per heavy atom. The second-order valence-corrected chi connectivity index (χ2v) is 10.2. The van der Waals surface area contributed by atoms with Crippen molar-refractivity contribution in [2.75, 3.05) is 5.32 Å². The van der Waals surface area contributed by atoms with Crippen molar-refractivity contribution in [2.45, 2.75) is 27.7 Å². The van der Waals surface area contributed by atoms with Gasteiger partial charge in [0.25, 0.3) is 0 Å². The van der Waals surface area contributed by atoms with Crippen LogP contribution < -0.4 is 5.32 Å². The van der Waals surface area contributed by atoms with Crippen molar-refractivity contribution >= 4 is 33.4 Å². The van der Waals surface area contributed by atoms with Crippen LogP contribution in [0.5, 0.6) is 0 Å². The molecule has 37 heavy (non-hydrogen) atoms. The van der Waals surface area contributed by atoms with Gasteiger partial charge in [0.15, 0.2) is 0 Å². The molecule has 5 heterocycles. The summed E-state index contributed by atoms with van der Waals surface area (Å²) in [4.78, 5) is 29.0. The summed E-state index contributed by atoms with van der Waals surface area (Å²) in [5.41, 5.74) is 7.46. The van der Waals surface area contributed by atoms with Gasteiger partial charge in [-0.25, -0.2) is 4.98 Å². The maximum Gasteiger partial charge on any atom is 0.229 e. The van der Waals surface area contributed by atoms with Crippen LogP contribution in [0.15, 0.2) is 67.6 Å². The minimum absolute atomic E-state index is 0.0578. The van der Waals surface area contributed by atoms with E-state index in [1.54, 1.807) is 18.7 Å². The highest BCUT2D eigenvalue weighted by Crippen LogP contribution is 2.33. The zero-order valence-electron chi connectivity index (χ0n) is 21.0. The number of fused-ring (bicyclic) bond motifs is 2. The summed E-state index contributed by atoms with van der Waals surface area (Å²) < 4.78 is 1.97. The Hall–Kier alpha value is -4.79. The van der Waals surface area contributed by atoms with E-state index in [2.05, 4.69) is 47.6 Å². The van der Waals surface area contributed by atoms with Crippen molar-refractivity contribution in [3.8, 4) is 28.2 Å². The molecule has 184 valence electrons. The lowest BCUT2D eigenvalue weighted by molar-refractivity contribution is -0.123. The van der Waals surface area contributed by atoms with Gasteiger partial charge in [-0.1, -0.05) is 26.8 Å². The number of H-pyrrole nitrogens is 2. The van der Waals surface area contributed by atoms with Gasteiger partial charge in [-0.15, -0.1) is 0 Å². The quantitative estimate of drug-likeness (QED) is 0.295. The number of amides is 1. The number of rotatable bonds is 4. The maximum absolute atomic E-state index is 12.4. The number of aromatic amines is 2. The first-order valence-electron chi connectivity index (χ1n) is 12.0. The molecule has 0 saturated carbocycles. The lowest BCUT2D eigenvalue weighted by Crippen LogP contribution is -2.27. The normalized spacial score (nSPS) is 11.9. The molecule has 0 unspecified atom stereocenters. The minimum atomic E-state index is -0.494. The number of pyridine rings is 2. The second kappa shape index (κ2) is 8.41. The van der Waals surface area contributed by atoms with Crippen LogP contribution in [0.2, 0.25) is 0 Å². The molecule has 5 aromatic heterocycles. The zero-order valence-corrected chi connectivity index (χ0v) is 21.0. The number of nitrogens with zero attached hydrogens (tertiary/aromatic N) is 5. The Bertz CT molecular complexity index is 1780. The number of hydrogen-bond acceptors (Lipinski definition) is 5. The number of benzene rings is 1. The lowest BCUT2D eigenvalue weighted by atomic mass is 9.95. The smallest absolute Gasteiger partial charge is 0.229 e. The molecule has 0 aliphatic carbocycles. The number of hydrogen-bond donors (Lipinski definition) is 3. The van der Waals surface area contributed by atoms with E-state index in [1.165, 1.54) is 0 Å². The van der Waals surface area contributed by atoms with Crippen molar-refractivity contribution < 1.29 is 4.79 Å². The summed E-state index contributed by atoms with van der Waals surface area (Å²) in [5.74, 6) is -0.0578. The van der Waals surface area contributed by atoms with Gasteiger partial charge in [0, 0.05) is 34.1 Å². The Balaban J connectivity index is 1.40. The van der Waals surface area contributed by atoms with E-state index in [0.717, 1.165) is 55.7 Å². The zero-order chi connectivity index (χ0) is 25.7. The van der Waals surface area contributed by atoms with Crippen LogP contribution in [0.25, 0.3) is 50.0 Å². The number of nitrogens with one attached hydrogen (secondary N) is 3. The summed E-state index contributed by atoms with van der Waals surface area (Å²) in [6.07, 6.45) is 10.9. The first-order chi connectivity index (χ1) is 17.8. The fraction of sp³-hybridized carbons (Fsp3) is 0.179. The van der Waals surface area contributed by atoms with Crippen molar-refractivity contribution in [2.24, 2.45) is 5.41 Å². The number of aromatic nitrogens is 7. The van der Waals surface area contributed by atoms with Gasteiger partial charge >= 0.3 is 0 Å². The van der Waals surface area contributed by atoms with E-state index in [1.807, 2.05) is 69.1 Å². The molecule has 9 heteroatoms. The molecular weight excluding hydrogens is 464 g/mol. The molecule has 0 spiro atoms. The Morgan fingerprint density at radius 3 is 2.57 bits per heavy atom. The summed E-state index contributed by atoms with van der Waals surface area (Å²) in [7, 11) is 0. The van der Waals surface area contributed by atoms with Crippen LogP contribution >= 0.6 is 0 Å². The van der Waals surface area contributed by atoms with E-state index < -0.39 is 5.41 Å². The van der Waals surface area contributed by atoms with E-state index in [-0.39, 0.29) is 5.91 Å². The predicted molar refractivity (Wildman–Crippen MR) is 144 cm³/mol. The maximum atomic E-state index is 12.4. The standard InChI is InChI=1S/C28H26N8O/c1-16-14-36(15-31-16)25-13-30-12-24-20(25)9-23(33-24)26-21-8-17(5-6-22(21)34-35-26)18-7-19(11-29-10-18)32-27(37)28(2,3)4/h5-15,33H,1-4H3,(H,32,37)(H,34,35). The predicted octanol–water partition coefficient (Wildman–Crippen LogP) is 5.65. The Morgan fingerprint density at radius 2 is 1.78 bits per heavy atom. The highest BCUT2D eigenvalue weighted by atomic mass is 16.2. The largest absolute Gasteiger partial charge is 0.352 e. The van der Waals surface area contributed by atoms with Crippen LogP contribution in [0.1, 0.15) is 26.5 Å². The molecule has 9 nitrogen and oxygen atoms in total. The Kier molecular flexibility index (Phi) is 5.15. The SMILES string of the molecule is Cc1cn(-c2cncc3[nH]c(-c4n[nH]c5ccc(-c6cncc(NC(=O)C(C)(C)C)c6)cc45)cc23)cn1. The van der Waals surface area contributed by atoms with Gasteiger partial charge < -0.3 is 14.9 Å². The number of carbonyl (C=O) groups is 1. The van der Waals surface area contributed by atoms with E-state index in [4.69, 9.17) is 0 Å². The van der Waals surface area contributed by atoms with E-state index in [9.17, 15) is 4.79 Å². The highest BCUT2D eigenvalue weighted by molar-refractivity contribution is 5.99. The van der Waals surface area contributed by atoms with Crippen molar-refractivity contribution in [3.63, 3.8) is 0 Å². The van der Waals surface area contributed by atoms with Crippen LogP contribution in [-0.4, -0.2) is 40.6 Å². The molecule has 1 amide bonds. The molecule has 0 bridgehead atoms. The van der Waals surface area contributed by atoms with Gasteiger partial charge in [-0.3, -0.25) is 19.9 Å². The molecule has 0 fully saturated rings.